The molecule has 0 saturated heterocycles. The number of hydrogen-bond acceptors (Lipinski definition) is 4. The number of hydrogen-bond donors (Lipinski definition) is 1. The van der Waals surface area contributed by atoms with Gasteiger partial charge in [0.25, 0.3) is 0 Å². The summed E-state index contributed by atoms with van der Waals surface area (Å²) in [6.07, 6.45) is -3.89. The summed E-state index contributed by atoms with van der Waals surface area (Å²) < 4.78 is 40.4. The van der Waals surface area contributed by atoms with Gasteiger partial charge in [0.05, 0.1) is 18.5 Å². The van der Waals surface area contributed by atoms with Crippen molar-refractivity contribution in [1.82, 2.24) is 25.0 Å². The SMILES string of the molecule is CCN(CC)C(=O)[C@@H](C)NCc1nnc2n1C[C@@H](C(F)(F)F)CC2. The maximum atomic E-state index is 12.9. The number of alkyl halides is 3. The summed E-state index contributed by atoms with van der Waals surface area (Å²) in [5, 5.41) is 11.0. The number of nitrogens with zero attached hydrogens (tertiary/aromatic N) is 4. The van der Waals surface area contributed by atoms with E-state index in [1.54, 1.807) is 11.8 Å². The lowest BCUT2D eigenvalue weighted by Crippen LogP contribution is -2.44. The van der Waals surface area contributed by atoms with Crippen molar-refractivity contribution in [2.24, 2.45) is 5.92 Å². The molecule has 0 saturated carbocycles. The Labute approximate surface area is 139 Å². The van der Waals surface area contributed by atoms with Crippen LogP contribution in [0.4, 0.5) is 13.2 Å². The van der Waals surface area contributed by atoms with Gasteiger partial charge in [-0.3, -0.25) is 10.1 Å². The molecule has 1 aromatic rings. The van der Waals surface area contributed by atoms with Gasteiger partial charge in [-0.15, -0.1) is 10.2 Å². The molecule has 0 radical (unpaired) electrons. The number of likely N-dealkylation sites (N-methyl/N-ethyl adjacent to an activating group) is 1. The summed E-state index contributed by atoms with van der Waals surface area (Å²) >= 11 is 0. The predicted molar refractivity (Wildman–Crippen MR) is 82.1 cm³/mol. The van der Waals surface area contributed by atoms with Crippen LogP contribution in [0.2, 0.25) is 0 Å². The Morgan fingerprint density at radius 2 is 2.04 bits per heavy atom. The molecule has 2 heterocycles. The van der Waals surface area contributed by atoms with Crippen LogP contribution in [0.3, 0.4) is 0 Å². The van der Waals surface area contributed by atoms with E-state index in [1.807, 2.05) is 13.8 Å². The minimum absolute atomic E-state index is 0.0356. The summed E-state index contributed by atoms with van der Waals surface area (Å²) in [7, 11) is 0. The third kappa shape index (κ3) is 4.06. The third-order valence-electron chi connectivity index (χ3n) is 4.50. The van der Waals surface area contributed by atoms with E-state index in [1.165, 1.54) is 4.57 Å². The van der Waals surface area contributed by atoms with Gasteiger partial charge in [0.1, 0.15) is 11.6 Å². The number of aromatic nitrogens is 3. The Morgan fingerprint density at radius 3 is 2.62 bits per heavy atom. The van der Waals surface area contributed by atoms with Gasteiger partial charge >= 0.3 is 6.18 Å². The number of fused-ring (bicyclic) bond motifs is 1. The fourth-order valence-electron chi connectivity index (χ4n) is 2.92. The maximum absolute atomic E-state index is 12.9. The van der Waals surface area contributed by atoms with Crippen LogP contribution >= 0.6 is 0 Å². The van der Waals surface area contributed by atoms with Gasteiger partial charge in [-0.1, -0.05) is 0 Å². The van der Waals surface area contributed by atoms with Crippen LogP contribution in [0.25, 0.3) is 0 Å². The zero-order valence-corrected chi connectivity index (χ0v) is 14.2. The molecule has 9 heteroatoms. The summed E-state index contributed by atoms with van der Waals surface area (Å²) in [5.41, 5.74) is 0. The molecule has 6 nitrogen and oxygen atoms in total. The first-order chi connectivity index (χ1) is 11.3. The molecule has 24 heavy (non-hydrogen) atoms. The van der Waals surface area contributed by atoms with Crippen molar-refractivity contribution in [2.75, 3.05) is 13.1 Å². The maximum Gasteiger partial charge on any atom is 0.393 e. The quantitative estimate of drug-likeness (QED) is 0.852. The first-order valence-corrected chi connectivity index (χ1v) is 8.27. The summed E-state index contributed by atoms with van der Waals surface area (Å²) in [6.45, 7) is 6.85. The lowest BCUT2D eigenvalue weighted by molar-refractivity contribution is -0.182. The largest absolute Gasteiger partial charge is 0.393 e. The molecule has 1 amide bonds. The monoisotopic (exact) mass is 347 g/mol. The van der Waals surface area contributed by atoms with Gasteiger partial charge in [-0.2, -0.15) is 13.2 Å². The highest BCUT2D eigenvalue weighted by Gasteiger charge is 2.42. The lowest BCUT2D eigenvalue weighted by Gasteiger charge is -2.27. The molecule has 0 unspecified atom stereocenters. The molecule has 1 aliphatic heterocycles. The highest BCUT2D eigenvalue weighted by Crippen LogP contribution is 2.34. The highest BCUT2D eigenvalue weighted by molar-refractivity contribution is 5.81. The van der Waals surface area contributed by atoms with E-state index in [-0.39, 0.29) is 31.8 Å². The minimum atomic E-state index is -4.21. The summed E-state index contributed by atoms with van der Waals surface area (Å²) in [6, 6.07) is -0.431. The molecule has 1 N–H and O–H groups in total. The average molecular weight is 347 g/mol. The molecule has 136 valence electrons. The first kappa shape index (κ1) is 18.7. The van der Waals surface area contributed by atoms with E-state index >= 15 is 0 Å². The van der Waals surface area contributed by atoms with Gasteiger partial charge in [0, 0.05) is 26.1 Å². The van der Waals surface area contributed by atoms with Gasteiger partial charge in [0.2, 0.25) is 5.91 Å². The van der Waals surface area contributed by atoms with Crippen LogP contribution in [0.15, 0.2) is 0 Å². The topological polar surface area (TPSA) is 63.1 Å². The standard InChI is InChI=1S/C15H24F3N5O/c1-4-22(5-2)14(24)10(3)19-8-13-21-20-12-7-6-11(9-23(12)13)15(16,17)18/h10-11,19H,4-9H2,1-3H3/t10-,11+/m1/s1. The Morgan fingerprint density at radius 1 is 1.38 bits per heavy atom. The van der Waals surface area contributed by atoms with Crippen LogP contribution in [0.1, 0.15) is 38.8 Å². The lowest BCUT2D eigenvalue weighted by atomic mass is 9.99. The zero-order chi connectivity index (χ0) is 17.9. The molecule has 2 atom stereocenters. The molecular formula is C15H24F3N5O. The molecule has 2 rings (SSSR count). The van der Waals surface area contributed by atoms with Crippen LogP contribution in [0.5, 0.6) is 0 Å². The third-order valence-corrected chi connectivity index (χ3v) is 4.50. The molecule has 0 bridgehead atoms. The van der Waals surface area contributed by atoms with Crippen molar-refractivity contribution < 1.29 is 18.0 Å². The van der Waals surface area contributed by atoms with Crippen LogP contribution in [-0.4, -0.2) is 50.9 Å². The number of nitrogens with one attached hydrogen (secondary N) is 1. The van der Waals surface area contributed by atoms with Crippen molar-refractivity contribution in [1.29, 1.82) is 0 Å². The van der Waals surface area contributed by atoms with Gasteiger partial charge < -0.3 is 9.47 Å². The number of carbonyl (C=O) groups excluding carboxylic acids is 1. The normalized spacial score (nSPS) is 19.0. The zero-order valence-electron chi connectivity index (χ0n) is 14.2. The average Bonchev–Trinajstić information content (AvgIpc) is 2.95. The Kier molecular flexibility index (Phi) is 5.84. The van der Waals surface area contributed by atoms with Gasteiger partial charge in [-0.05, 0) is 27.2 Å². The second kappa shape index (κ2) is 7.50. The molecule has 0 fully saturated rings. The molecule has 0 aromatic carbocycles. The van der Waals surface area contributed by atoms with Crippen molar-refractivity contribution in [3.63, 3.8) is 0 Å². The van der Waals surface area contributed by atoms with Gasteiger partial charge in [-0.25, -0.2) is 0 Å². The number of halogens is 3. The van der Waals surface area contributed by atoms with E-state index < -0.39 is 18.1 Å². The molecule has 0 spiro atoms. The van der Waals surface area contributed by atoms with E-state index in [9.17, 15) is 18.0 Å². The Hall–Kier alpha value is -1.64. The second-order valence-electron chi connectivity index (χ2n) is 6.03. The van der Waals surface area contributed by atoms with Crippen LogP contribution in [0, 0.1) is 5.92 Å². The molecule has 1 aliphatic rings. The molecular weight excluding hydrogens is 323 g/mol. The van der Waals surface area contributed by atoms with Crippen molar-refractivity contribution in [3.8, 4) is 0 Å². The fourth-order valence-corrected chi connectivity index (χ4v) is 2.92. The summed E-state index contributed by atoms with van der Waals surface area (Å²) in [4.78, 5) is 13.9. The Bertz CT molecular complexity index is 568. The van der Waals surface area contributed by atoms with E-state index in [0.717, 1.165) is 0 Å². The van der Waals surface area contributed by atoms with Crippen molar-refractivity contribution in [2.45, 2.75) is 58.9 Å². The van der Waals surface area contributed by atoms with Crippen LogP contribution < -0.4 is 5.32 Å². The second-order valence-corrected chi connectivity index (χ2v) is 6.03. The Balaban J connectivity index is 2.00. The smallest absolute Gasteiger partial charge is 0.342 e. The number of amides is 1. The van der Waals surface area contributed by atoms with E-state index in [4.69, 9.17) is 0 Å². The molecule has 1 aromatic heterocycles. The summed E-state index contributed by atoms with van der Waals surface area (Å²) in [5.74, 6) is -0.380. The van der Waals surface area contributed by atoms with E-state index in [0.29, 0.717) is 24.7 Å². The minimum Gasteiger partial charge on any atom is -0.342 e. The predicted octanol–water partition coefficient (Wildman–Crippen LogP) is 1.75. The first-order valence-electron chi connectivity index (χ1n) is 8.27. The number of rotatable bonds is 6. The highest BCUT2D eigenvalue weighted by atomic mass is 19.4. The van der Waals surface area contributed by atoms with Crippen LogP contribution in [-0.2, 0) is 24.3 Å². The number of aryl methyl sites for hydroxylation is 1. The van der Waals surface area contributed by atoms with Gasteiger partial charge in [0.15, 0.2) is 0 Å². The van der Waals surface area contributed by atoms with E-state index in [2.05, 4.69) is 15.5 Å². The fraction of sp³-hybridized carbons (Fsp3) is 0.800. The molecule has 0 aliphatic carbocycles. The van der Waals surface area contributed by atoms with Crippen molar-refractivity contribution >= 4 is 5.91 Å². The number of carbonyl (C=O) groups is 1. The van der Waals surface area contributed by atoms with Crippen molar-refractivity contribution in [3.05, 3.63) is 11.6 Å².